The molecule has 0 atom stereocenters. The van der Waals surface area contributed by atoms with Crippen molar-refractivity contribution in [3.05, 3.63) is 77.2 Å². The van der Waals surface area contributed by atoms with Crippen LogP contribution in [0, 0.1) is 12.7 Å². The van der Waals surface area contributed by atoms with E-state index in [9.17, 15) is 4.39 Å². The second-order valence-electron chi connectivity index (χ2n) is 6.15. The molecule has 3 rings (SSSR count). The van der Waals surface area contributed by atoms with Crippen molar-refractivity contribution in [1.29, 1.82) is 0 Å². The Kier molecular flexibility index (Phi) is 6.20. The van der Waals surface area contributed by atoms with Crippen LogP contribution in [0.4, 0.5) is 16.2 Å². The topological polar surface area (TPSA) is 59.1 Å². The third-order valence-electron chi connectivity index (χ3n) is 4.14. The standard InChI is InChI=1S/C21H23FN4O/c1-15-13-20(24-14-17-8-3-5-9-18(17)22)26-21(25-15)23-12-11-16-7-4-6-10-19(16)27-2/h3-10,13H,11-12,14H2,1-2H3,(H2,23,24,25,26). The molecule has 0 bridgehead atoms. The van der Waals surface area contributed by atoms with E-state index < -0.39 is 0 Å². The molecule has 2 N–H and O–H groups in total. The maximum atomic E-state index is 13.7. The van der Waals surface area contributed by atoms with Crippen molar-refractivity contribution in [2.75, 3.05) is 24.3 Å². The van der Waals surface area contributed by atoms with E-state index in [2.05, 4.69) is 20.6 Å². The molecule has 0 aliphatic rings. The number of ether oxygens (including phenoxy) is 1. The molecular weight excluding hydrogens is 343 g/mol. The first-order valence-electron chi connectivity index (χ1n) is 8.84. The van der Waals surface area contributed by atoms with Crippen LogP contribution in [0.25, 0.3) is 0 Å². The third-order valence-corrected chi connectivity index (χ3v) is 4.14. The van der Waals surface area contributed by atoms with E-state index in [4.69, 9.17) is 4.74 Å². The average Bonchev–Trinajstić information content (AvgIpc) is 2.67. The van der Waals surface area contributed by atoms with Crippen LogP contribution in [0.15, 0.2) is 54.6 Å². The Balaban J connectivity index is 1.60. The molecule has 0 radical (unpaired) electrons. The van der Waals surface area contributed by atoms with Crippen LogP contribution in [0.5, 0.6) is 5.75 Å². The van der Waals surface area contributed by atoms with E-state index in [1.807, 2.05) is 43.3 Å². The van der Waals surface area contributed by atoms with E-state index in [1.54, 1.807) is 19.2 Å². The molecule has 27 heavy (non-hydrogen) atoms. The zero-order valence-electron chi connectivity index (χ0n) is 15.5. The highest BCUT2D eigenvalue weighted by Crippen LogP contribution is 2.18. The first-order chi connectivity index (χ1) is 13.2. The molecule has 0 fully saturated rings. The molecule has 0 saturated heterocycles. The Bertz CT molecular complexity index is 901. The minimum atomic E-state index is -0.231. The van der Waals surface area contributed by atoms with Crippen LogP contribution >= 0.6 is 0 Å². The minimum absolute atomic E-state index is 0.231. The van der Waals surface area contributed by atoms with E-state index in [0.717, 1.165) is 23.4 Å². The molecule has 140 valence electrons. The third kappa shape index (κ3) is 5.17. The average molecular weight is 366 g/mol. The van der Waals surface area contributed by atoms with Gasteiger partial charge in [0, 0.05) is 30.4 Å². The lowest BCUT2D eigenvalue weighted by Crippen LogP contribution is -2.11. The maximum Gasteiger partial charge on any atom is 0.224 e. The van der Waals surface area contributed by atoms with Crippen molar-refractivity contribution in [3.8, 4) is 5.75 Å². The number of nitrogens with one attached hydrogen (secondary N) is 2. The van der Waals surface area contributed by atoms with Gasteiger partial charge < -0.3 is 15.4 Å². The van der Waals surface area contributed by atoms with Crippen LogP contribution in [0.2, 0.25) is 0 Å². The Morgan fingerprint density at radius 1 is 0.963 bits per heavy atom. The van der Waals surface area contributed by atoms with Gasteiger partial charge in [0.25, 0.3) is 0 Å². The summed E-state index contributed by atoms with van der Waals surface area (Å²) >= 11 is 0. The van der Waals surface area contributed by atoms with Crippen molar-refractivity contribution >= 4 is 11.8 Å². The fourth-order valence-electron chi connectivity index (χ4n) is 2.78. The zero-order valence-corrected chi connectivity index (χ0v) is 15.5. The second-order valence-corrected chi connectivity index (χ2v) is 6.15. The lowest BCUT2D eigenvalue weighted by atomic mass is 10.1. The first-order valence-corrected chi connectivity index (χ1v) is 8.84. The molecule has 0 aliphatic heterocycles. The molecule has 5 nitrogen and oxygen atoms in total. The highest BCUT2D eigenvalue weighted by Gasteiger charge is 2.06. The van der Waals surface area contributed by atoms with Gasteiger partial charge in [-0.05, 0) is 31.0 Å². The first kappa shape index (κ1) is 18.6. The van der Waals surface area contributed by atoms with Gasteiger partial charge in [-0.15, -0.1) is 0 Å². The molecule has 6 heteroatoms. The smallest absolute Gasteiger partial charge is 0.224 e. The normalized spacial score (nSPS) is 10.5. The Morgan fingerprint density at radius 3 is 2.48 bits per heavy atom. The second kappa shape index (κ2) is 8.98. The van der Waals surface area contributed by atoms with E-state index in [1.165, 1.54) is 6.07 Å². The predicted octanol–water partition coefficient (Wildman–Crippen LogP) is 4.20. The van der Waals surface area contributed by atoms with Gasteiger partial charge in [0.15, 0.2) is 0 Å². The lowest BCUT2D eigenvalue weighted by Gasteiger charge is -2.11. The largest absolute Gasteiger partial charge is 0.496 e. The summed E-state index contributed by atoms with van der Waals surface area (Å²) in [5, 5.41) is 6.40. The van der Waals surface area contributed by atoms with Crippen molar-refractivity contribution in [3.63, 3.8) is 0 Å². The SMILES string of the molecule is COc1ccccc1CCNc1nc(C)cc(NCc2ccccc2F)n1. The molecule has 2 aromatic carbocycles. The van der Waals surface area contributed by atoms with Gasteiger partial charge in [-0.3, -0.25) is 0 Å². The summed E-state index contributed by atoms with van der Waals surface area (Å²) in [7, 11) is 1.67. The van der Waals surface area contributed by atoms with Gasteiger partial charge in [-0.25, -0.2) is 9.37 Å². The van der Waals surface area contributed by atoms with Gasteiger partial charge >= 0.3 is 0 Å². The summed E-state index contributed by atoms with van der Waals surface area (Å²) in [6.07, 6.45) is 0.791. The number of methoxy groups -OCH3 is 1. The van der Waals surface area contributed by atoms with Crippen molar-refractivity contribution in [2.24, 2.45) is 0 Å². The fraction of sp³-hybridized carbons (Fsp3) is 0.238. The van der Waals surface area contributed by atoms with Crippen molar-refractivity contribution in [1.82, 2.24) is 9.97 Å². The monoisotopic (exact) mass is 366 g/mol. The number of halogens is 1. The van der Waals surface area contributed by atoms with Crippen LogP contribution in [-0.4, -0.2) is 23.6 Å². The number of hydrogen-bond donors (Lipinski definition) is 2. The number of para-hydroxylation sites is 1. The molecule has 0 saturated carbocycles. The number of nitrogens with zero attached hydrogens (tertiary/aromatic N) is 2. The highest BCUT2D eigenvalue weighted by molar-refractivity contribution is 5.43. The van der Waals surface area contributed by atoms with Crippen molar-refractivity contribution < 1.29 is 9.13 Å². The van der Waals surface area contributed by atoms with E-state index in [-0.39, 0.29) is 5.82 Å². The number of benzene rings is 2. The van der Waals surface area contributed by atoms with E-state index in [0.29, 0.717) is 30.4 Å². The number of anilines is 2. The lowest BCUT2D eigenvalue weighted by molar-refractivity contribution is 0.410. The minimum Gasteiger partial charge on any atom is -0.496 e. The molecular formula is C21H23FN4O. The van der Waals surface area contributed by atoms with Crippen LogP contribution < -0.4 is 15.4 Å². The molecule has 1 aromatic heterocycles. The Hall–Kier alpha value is -3.15. The van der Waals surface area contributed by atoms with Crippen LogP contribution in [0.1, 0.15) is 16.8 Å². The quantitative estimate of drug-likeness (QED) is 0.626. The number of rotatable bonds is 8. The molecule has 3 aromatic rings. The fourth-order valence-corrected chi connectivity index (χ4v) is 2.78. The summed E-state index contributed by atoms with van der Waals surface area (Å²) in [5.74, 6) is 1.84. The Morgan fingerprint density at radius 2 is 1.70 bits per heavy atom. The molecule has 0 unspecified atom stereocenters. The highest BCUT2D eigenvalue weighted by atomic mass is 19.1. The maximum absolute atomic E-state index is 13.7. The van der Waals surface area contributed by atoms with Gasteiger partial charge in [-0.2, -0.15) is 4.98 Å². The number of aryl methyl sites for hydroxylation is 1. The van der Waals surface area contributed by atoms with Crippen molar-refractivity contribution in [2.45, 2.75) is 19.9 Å². The van der Waals surface area contributed by atoms with E-state index >= 15 is 0 Å². The molecule has 0 spiro atoms. The van der Waals surface area contributed by atoms with Gasteiger partial charge in [0.2, 0.25) is 5.95 Å². The van der Waals surface area contributed by atoms with Crippen LogP contribution in [0.3, 0.4) is 0 Å². The zero-order chi connectivity index (χ0) is 19.1. The predicted molar refractivity (Wildman–Crippen MR) is 106 cm³/mol. The summed E-state index contributed by atoms with van der Waals surface area (Å²) < 4.78 is 19.1. The summed E-state index contributed by atoms with van der Waals surface area (Å²) in [6, 6.07) is 16.5. The Labute approximate surface area is 158 Å². The van der Waals surface area contributed by atoms with Gasteiger partial charge in [0.05, 0.1) is 7.11 Å². The number of hydrogen-bond acceptors (Lipinski definition) is 5. The van der Waals surface area contributed by atoms with Gasteiger partial charge in [0.1, 0.15) is 17.4 Å². The number of aromatic nitrogens is 2. The molecule has 0 amide bonds. The van der Waals surface area contributed by atoms with Gasteiger partial charge in [-0.1, -0.05) is 36.4 Å². The molecule has 0 aliphatic carbocycles. The summed E-state index contributed by atoms with van der Waals surface area (Å²) in [5.41, 5.74) is 2.55. The van der Waals surface area contributed by atoms with Crippen LogP contribution in [-0.2, 0) is 13.0 Å². The molecule has 1 heterocycles. The summed E-state index contributed by atoms with van der Waals surface area (Å²) in [6.45, 7) is 2.95. The summed E-state index contributed by atoms with van der Waals surface area (Å²) in [4.78, 5) is 8.88.